The van der Waals surface area contributed by atoms with Crippen LogP contribution in [-0.4, -0.2) is 28.9 Å². The number of benzene rings is 1. The minimum Gasteiger partial charge on any atom is -0.494 e. The molecule has 0 unspecified atom stereocenters. The summed E-state index contributed by atoms with van der Waals surface area (Å²) in [4.78, 5) is 24.0. The Morgan fingerprint density at radius 1 is 1.27 bits per heavy atom. The second kappa shape index (κ2) is 6.63. The van der Waals surface area contributed by atoms with Gasteiger partial charge in [0.25, 0.3) is 0 Å². The van der Waals surface area contributed by atoms with Crippen LogP contribution in [0.25, 0.3) is 5.69 Å². The summed E-state index contributed by atoms with van der Waals surface area (Å²) in [5.41, 5.74) is 2.36. The van der Waals surface area contributed by atoms with Crippen LogP contribution >= 0.6 is 0 Å². The molecule has 138 valence electrons. The van der Waals surface area contributed by atoms with Gasteiger partial charge in [0.2, 0.25) is 5.78 Å². The first-order chi connectivity index (χ1) is 12.2. The zero-order chi connectivity index (χ0) is 19.1. The van der Waals surface area contributed by atoms with E-state index in [0.29, 0.717) is 18.1 Å². The van der Waals surface area contributed by atoms with Crippen LogP contribution < -0.4 is 4.74 Å². The Hall–Kier alpha value is -2.57. The average Bonchev–Trinajstić information content (AvgIpc) is 2.92. The molecule has 0 fully saturated rings. The molecule has 0 saturated heterocycles. The summed E-state index contributed by atoms with van der Waals surface area (Å²) in [5.74, 6) is -3.64. The molecule has 1 atom stereocenters. The van der Waals surface area contributed by atoms with Gasteiger partial charge < -0.3 is 9.30 Å². The summed E-state index contributed by atoms with van der Waals surface area (Å²) in [7, 11) is 0. The molecule has 0 spiro atoms. The molecule has 1 aromatic carbocycles. The van der Waals surface area contributed by atoms with Gasteiger partial charge in [0, 0.05) is 22.6 Å². The quantitative estimate of drug-likeness (QED) is 0.768. The van der Waals surface area contributed by atoms with E-state index in [0.717, 1.165) is 11.4 Å². The van der Waals surface area contributed by atoms with Crippen molar-refractivity contribution in [3.8, 4) is 11.4 Å². The number of carbonyl (C=O) groups is 2. The van der Waals surface area contributed by atoms with Gasteiger partial charge >= 0.3 is 6.18 Å². The van der Waals surface area contributed by atoms with Crippen LogP contribution in [0.5, 0.6) is 5.75 Å². The lowest BCUT2D eigenvalue weighted by Crippen LogP contribution is -2.38. The molecule has 0 bridgehead atoms. The first-order valence-electron chi connectivity index (χ1n) is 8.33. The van der Waals surface area contributed by atoms with E-state index in [1.54, 1.807) is 25.1 Å². The van der Waals surface area contributed by atoms with Gasteiger partial charge in [0.05, 0.1) is 12.5 Å². The predicted octanol–water partition coefficient (Wildman–Crippen LogP) is 4.06. The van der Waals surface area contributed by atoms with E-state index < -0.39 is 23.7 Å². The minimum atomic E-state index is -5.00. The summed E-state index contributed by atoms with van der Waals surface area (Å²) >= 11 is 0. The van der Waals surface area contributed by atoms with Crippen LogP contribution in [0, 0.1) is 12.8 Å². The molecule has 4 nitrogen and oxygen atoms in total. The van der Waals surface area contributed by atoms with Crippen LogP contribution in [0.15, 0.2) is 30.3 Å². The molecule has 1 aliphatic carbocycles. The van der Waals surface area contributed by atoms with Gasteiger partial charge in [-0.1, -0.05) is 0 Å². The van der Waals surface area contributed by atoms with Crippen LogP contribution in [-0.2, 0) is 11.2 Å². The summed E-state index contributed by atoms with van der Waals surface area (Å²) < 4.78 is 45.4. The van der Waals surface area contributed by atoms with E-state index in [2.05, 4.69) is 0 Å². The van der Waals surface area contributed by atoms with Gasteiger partial charge in [-0.2, -0.15) is 13.2 Å². The Balaban J connectivity index is 1.96. The summed E-state index contributed by atoms with van der Waals surface area (Å²) in [6.07, 6.45) is -4.90. The van der Waals surface area contributed by atoms with Gasteiger partial charge in [0.1, 0.15) is 5.75 Å². The molecule has 0 saturated carbocycles. The molecule has 7 heteroatoms. The Morgan fingerprint density at radius 3 is 2.50 bits per heavy atom. The molecule has 3 rings (SSSR count). The fourth-order valence-electron chi connectivity index (χ4n) is 3.42. The number of hydrogen-bond acceptors (Lipinski definition) is 3. The van der Waals surface area contributed by atoms with Crippen molar-refractivity contribution in [1.29, 1.82) is 0 Å². The van der Waals surface area contributed by atoms with Crippen molar-refractivity contribution in [3.05, 3.63) is 47.3 Å². The number of rotatable bonds is 4. The maximum atomic E-state index is 12.7. The highest BCUT2D eigenvalue weighted by Gasteiger charge is 2.48. The number of hydrogen-bond donors (Lipinski definition) is 0. The number of aromatic nitrogens is 1. The fraction of sp³-hybridized carbons (Fsp3) is 0.368. The van der Waals surface area contributed by atoms with Crippen molar-refractivity contribution in [1.82, 2.24) is 4.57 Å². The largest absolute Gasteiger partial charge is 0.494 e. The Kier molecular flexibility index (Phi) is 4.64. The molecular weight excluding hydrogens is 347 g/mol. The number of alkyl halides is 3. The number of ether oxygens (including phenoxy) is 1. The monoisotopic (exact) mass is 365 g/mol. The number of halogens is 3. The Labute approximate surface area is 148 Å². The zero-order valence-corrected chi connectivity index (χ0v) is 14.4. The van der Waals surface area contributed by atoms with E-state index >= 15 is 0 Å². The van der Waals surface area contributed by atoms with Gasteiger partial charge in [0.15, 0.2) is 5.78 Å². The lowest BCUT2D eigenvalue weighted by Gasteiger charge is -2.23. The third kappa shape index (κ3) is 3.13. The van der Waals surface area contributed by atoms with Gasteiger partial charge in [-0.05, 0) is 57.0 Å². The molecule has 0 amide bonds. The first-order valence-corrected chi connectivity index (χ1v) is 8.33. The van der Waals surface area contributed by atoms with Crippen LogP contribution in [0.4, 0.5) is 13.2 Å². The van der Waals surface area contributed by atoms with Crippen molar-refractivity contribution in [2.24, 2.45) is 5.92 Å². The summed E-state index contributed by atoms with van der Waals surface area (Å²) in [6, 6.07) is 8.81. The van der Waals surface area contributed by atoms with E-state index in [1.807, 2.05) is 23.6 Å². The van der Waals surface area contributed by atoms with Crippen molar-refractivity contribution in [3.63, 3.8) is 0 Å². The third-order valence-corrected chi connectivity index (χ3v) is 4.54. The second-order valence-corrected chi connectivity index (χ2v) is 6.23. The van der Waals surface area contributed by atoms with Crippen molar-refractivity contribution >= 4 is 11.6 Å². The molecule has 1 aromatic heterocycles. The number of carbonyl (C=O) groups excluding carboxylic acids is 2. The summed E-state index contributed by atoms with van der Waals surface area (Å²) in [6.45, 7) is 4.20. The maximum absolute atomic E-state index is 12.7. The number of aryl methyl sites for hydroxylation is 1. The molecule has 2 aromatic rings. The smallest absolute Gasteiger partial charge is 0.450 e. The van der Waals surface area contributed by atoms with Gasteiger partial charge in [-0.3, -0.25) is 9.59 Å². The van der Waals surface area contributed by atoms with Gasteiger partial charge in [-0.25, -0.2) is 0 Å². The van der Waals surface area contributed by atoms with Gasteiger partial charge in [-0.15, -0.1) is 0 Å². The SMILES string of the molecule is CCOc1ccc(-n2c(C)cc3c2CC[C@@H](C(=O)C(F)(F)F)C3=O)cc1. The Bertz CT molecular complexity index is 850. The lowest BCUT2D eigenvalue weighted by atomic mass is 9.83. The standard InChI is InChI=1S/C19H18F3NO3/c1-3-26-13-6-4-12(5-7-13)23-11(2)10-15-16(23)9-8-14(17(15)24)18(25)19(20,21)22/h4-7,10,14H,3,8-9H2,1-2H3/t14-/m1/s1. The maximum Gasteiger partial charge on any atom is 0.450 e. The molecule has 0 N–H and O–H groups in total. The zero-order valence-electron chi connectivity index (χ0n) is 14.4. The van der Waals surface area contributed by atoms with E-state index in [9.17, 15) is 22.8 Å². The van der Waals surface area contributed by atoms with E-state index in [-0.39, 0.29) is 18.4 Å². The Morgan fingerprint density at radius 2 is 1.92 bits per heavy atom. The first kappa shape index (κ1) is 18.2. The lowest BCUT2D eigenvalue weighted by molar-refractivity contribution is -0.174. The minimum absolute atomic E-state index is 0.134. The highest BCUT2D eigenvalue weighted by molar-refractivity contribution is 6.13. The van der Waals surface area contributed by atoms with Crippen LogP contribution in [0.1, 0.15) is 35.1 Å². The molecular formula is C19H18F3NO3. The number of Topliss-reactive ketones (excluding diaryl/α,β-unsaturated/α-hetero) is 2. The van der Waals surface area contributed by atoms with Crippen LogP contribution in [0.2, 0.25) is 0 Å². The molecule has 0 aliphatic heterocycles. The number of fused-ring (bicyclic) bond motifs is 1. The predicted molar refractivity (Wildman–Crippen MR) is 88.9 cm³/mol. The fourth-order valence-corrected chi connectivity index (χ4v) is 3.42. The van der Waals surface area contributed by atoms with Crippen LogP contribution in [0.3, 0.4) is 0 Å². The molecule has 26 heavy (non-hydrogen) atoms. The van der Waals surface area contributed by atoms with E-state index in [1.165, 1.54) is 0 Å². The van der Waals surface area contributed by atoms with Crippen molar-refractivity contribution in [2.45, 2.75) is 32.9 Å². The number of ketones is 2. The second-order valence-electron chi connectivity index (χ2n) is 6.23. The number of nitrogens with zero attached hydrogens (tertiary/aromatic N) is 1. The average molecular weight is 365 g/mol. The summed E-state index contributed by atoms with van der Waals surface area (Å²) in [5, 5.41) is 0. The van der Waals surface area contributed by atoms with E-state index in [4.69, 9.17) is 4.74 Å². The highest BCUT2D eigenvalue weighted by Crippen LogP contribution is 2.34. The third-order valence-electron chi connectivity index (χ3n) is 4.54. The molecule has 1 heterocycles. The van der Waals surface area contributed by atoms with Crippen molar-refractivity contribution in [2.75, 3.05) is 6.61 Å². The normalized spacial score (nSPS) is 17.1. The molecule has 0 radical (unpaired) electrons. The molecule has 1 aliphatic rings. The topological polar surface area (TPSA) is 48.3 Å². The highest BCUT2D eigenvalue weighted by atomic mass is 19.4. The van der Waals surface area contributed by atoms with Crippen molar-refractivity contribution < 1.29 is 27.5 Å².